The zero-order valence-electron chi connectivity index (χ0n) is 21.8. The van der Waals surface area contributed by atoms with Crippen molar-refractivity contribution < 1.29 is 33.0 Å². The fraction of sp³-hybridized carbons (Fsp3) is 0.536. The summed E-state index contributed by atoms with van der Waals surface area (Å²) in [5.74, 6) is 0.441. The number of hydrogen-bond acceptors (Lipinski definition) is 8. The average Bonchev–Trinajstić information content (AvgIpc) is 2.81. The molecule has 4 rings (SSSR count). The molecule has 2 aromatic rings. The molecule has 8 nitrogen and oxygen atoms in total. The first-order valence-electron chi connectivity index (χ1n) is 12.1. The SMILES string of the molecule is C=C1CCC2C(C)(C)C(=O)C(OC(C)=O)CC2(C)C1COc1c(OC)cc2ccc(=O)oc2c1OC. The molecule has 2 aliphatic carbocycles. The van der Waals surface area contributed by atoms with Gasteiger partial charge in [0.25, 0.3) is 0 Å². The first-order chi connectivity index (χ1) is 16.9. The minimum atomic E-state index is -0.814. The van der Waals surface area contributed by atoms with E-state index in [2.05, 4.69) is 13.5 Å². The number of fused-ring (bicyclic) bond motifs is 2. The molecule has 2 saturated carbocycles. The molecule has 8 heteroatoms. The van der Waals surface area contributed by atoms with E-state index in [4.69, 9.17) is 23.4 Å². The van der Waals surface area contributed by atoms with Crippen LogP contribution in [0.3, 0.4) is 0 Å². The molecule has 194 valence electrons. The van der Waals surface area contributed by atoms with Gasteiger partial charge in [-0.3, -0.25) is 9.59 Å². The van der Waals surface area contributed by atoms with Crippen molar-refractivity contribution in [2.45, 2.75) is 53.1 Å². The number of esters is 1. The van der Waals surface area contributed by atoms with Crippen LogP contribution in [0.1, 0.15) is 47.0 Å². The van der Waals surface area contributed by atoms with Crippen LogP contribution in [0.2, 0.25) is 0 Å². The third-order valence-electron chi connectivity index (χ3n) is 8.18. The van der Waals surface area contributed by atoms with Crippen LogP contribution in [-0.2, 0) is 14.3 Å². The van der Waals surface area contributed by atoms with Crippen molar-refractivity contribution in [2.24, 2.45) is 22.7 Å². The molecule has 1 aromatic heterocycles. The summed E-state index contributed by atoms with van der Waals surface area (Å²) in [4.78, 5) is 36.9. The van der Waals surface area contributed by atoms with Gasteiger partial charge in [0.05, 0.1) is 20.8 Å². The Morgan fingerprint density at radius 3 is 2.50 bits per heavy atom. The molecule has 36 heavy (non-hydrogen) atoms. The van der Waals surface area contributed by atoms with Crippen molar-refractivity contribution >= 4 is 22.7 Å². The highest BCUT2D eigenvalue weighted by Crippen LogP contribution is 2.60. The van der Waals surface area contributed by atoms with E-state index in [0.717, 1.165) is 18.4 Å². The second-order valence-electron chi connectivity index (χ2n) is 10.6. The van der Waals surface area contributed by atoms with Crippen molar-refractivity contribution in [3.63, 3.8) is 0 Å². The van der Waals surface area contributed by atoms with Gasteiger partial charge in [-0.2, -0.15) is 0 Å². The van der Waals surface area contributed by atoms with Gasteiger partial charge in [0, 0.05) is 29.7 Å². The molecule has 0 radical (unpaired) electrons. The van der Waals surface area contributed by atoms with Crippen LogP contribution < -0.4 is 19.8 Å². The maximum atomic E-state index is 13.3. The molecule has 0 amide bonds. The quantitative estimate of drug-likeness (QED) is 0.321. The fourth-order valence-electron chi connectivity index (χ4n) is 6.48. The van der Waals surface area contributed by atoms with Gasteiger partial charge < -0.3 is 23.4 Å². The maximum Gasteiger partial charge on any atom is 0.336 e. The average molecular weight is 499 g/mol. The van der Waals surface area contributed by atoms with Gasteiger partial charge >= 0.3 is 11.6 Å². The topological polar surface area (TPSA) is 101 Å². The van der Waals surface area contributed by atoms with Crippen molar-refractivity contribution in [1.29, 1.82) is 0 Å². The van der Waals surface area contributed by atoms with Crippen molar-refractivity contribution in [3.05, 3.63) is 40.8 Å². The Balaban J connectivity index is 1.73. The first kappa shape index (κ1) is 25.8. The zero-order valence-corrected chi connectivity index (χ0v) is 21.8. The lowest BCUT2D eigenvalue weighted by Gasteiger charge is -2.58. The number of hydrogen-bond donors (Lipinski definition) is 0. The maximum absolute atomic E-state index is 13.3. The minimum absolute atomic E-state index is 0.0414. The predicted octanol–water partition coefficient (Wildman–Crippen LogP) is 4.71. The highest BCUT2D eigenvalue weighted by molar-refractivity contribution is 5.91. The van der Waals surface area contributed by atoms with Crippen LogP contribution >= 0.6 is 0 Å². The normalized spacial score (nSPS) is 27.3. The van der Waals surface area contributed by atoms with Crippen molar-refractivity contribution in [1.82, 2.24) is 0 Å². The Bertz CT molecular complexity index is 1270. The van der Waals surface area contributed by atoms with Gasteiger partial charge in [-0.1, -0.05) is 32.9 Å². The van der Waals surface area contributed by atoms with Crippen LogP contribution in [0.15, 0.2) is 39.6 Å². The number of ether oxygens (including phenoxy) is 4. The van der Waals surface area contributed by atoms with Crippen LogP contribution in [0.25, 0.3) is 11.0 Å². The Morgan fingerprint density at radius 2 is 1.86 bits per heavy atom. The van der Waals surface area contributed by atoms with Crippen LogP contribution in [0.5, 0.6) is 17.2 Å². The van der Waals surface area contributed by atoms with E-state index in [1.165, 1.54) is 27.2 Å². The highest BCUT2D eigenvalue weighted by Gasteiger charge is 2.60. The van der Waals surface area contributed by atoms with Gasteiger partial charge in [-0.05, 0) is 42.7 Å². The van der Waals surface area contributed by atoms with Gasteiger partial charge in [0.1, 0.15) is 0 Å². The molecule has 0 aliphatic heterocycles. The zero-order chi connectivity index (χ0) is 26.4. The largest absolute Gasteiger partial charge is 0.493 e. The van der Waals surface area contributed by atoms with Gasteiger partial charge in [0.15, 0.2) is 23.2 Å². The molecule has 1 aromatic carbocycles. The van der Waals surface area contributed by atoms with E-state index < -0.39 is 28.5 Å². The summed E-state index contributed by atoms with van der Waals surface area (Å²) in [6.45, 7) is 11.9. The third-order valence-corrected chi connectivity index (χ3v) is 8.18. The summed E-state index contributed by atoms with van der Waals surface area (Å²) < 4.78 is 28.5. The molecule has 0 bridgehead atoms. The molecule has 2 fully saturated rings. The highest BCUT2D eigenvalue weighted by atomic mass is 16.5. The molecule has 0 saturated heterocycles. The summed E-state index contributed by atoms with van der Waals surface area (Å²) in [6, 6.07) is 4.71. The number of methoxy groups -OCH3 is 2. The third kappa shape index (κ3) is 4.16. The first-order valence-corrected chi connectivity index (χ1v) is 12.1. The molecule has 4 unspecified atom stereocenters. The minimum Gasteiger partial charge on any atom is -0.493 e. The van der Waals surface area contributed by atoms with Gasteiger partial charge in [-0.15, -0.1) is 0 Å². The summed E-state index contributed by atoms with van der Waals surface area (Å²) in [7, 11) is 3.01. The monoisotopic (exact) mass is 498 g/mol. The number of rotatable bonds is 6. The number of carbonyl (C=O) groups excluding carboxylic acids is 2. The smallest absolute Gasteiger partial charge is 0.336 e. The molecular formula is C28H34O8. The Morgan fingerprint density at radius 1 is 1.14 bits per heavy atom. The predicted molar refractivity (Wildman–Crippen MR) is 134 cm³/mol. The van der Waals surface area contributed by atoms with Crippen molar-refractivity contribution in [3.8, 4) is 17.2 Å². The Labute approximate surface area is 210 Å². The number of Topliss-reactive ketones (excluding diaryl/α,β-unsaturated/α-hetero) is 1. The van der Waals surface area contributed by atoms with Gasteiger partial charge in [-0.25, -0.2) is 4.79 Å². The summed E-state index contributed by atoms with van der Waals surface area (Å²) in [6.07, 6.45) is 1.18. The summed E-state index contributed by atoms with van der Waals surface area (Å²) in [5.41, 5.74) is -0.291. The molecule has 4 atom stereocenters. The standard InChI is InChI=1S/C28H34O8/c1-15-8-10-21-27(3,4)26(31)20(35-16(2)29)13-28(21,5)18(15)14-34-24-19(32-6)12-17-9-11-22(30)36-23(17)25(24)33-7/h9,11-12,18,20-21H,1,8,10,13-14H2,2-7H3. The summed E-state index contributed by atoms with van der Waals surface area (Å²) in [5, 5.41) is 0.640. The molecule has 2 aliphatic rings. The molecule has 0 N–H and O–H groups in total. The van der Waals surface area contributed by atoms with Crippen LogP contribution in [0, 0.1) is 22.7 Å². The number of benzene rings is 1. The Kier molecular flexibility index (Phi) is 6.66. The van der Waals surface area contributed by atoms with E-state index in [0.29, 0.717) is 23.3 Å². The van der Waals surface area contributed by atoms with E-state index in [1.54, 1.807) is 12.1 Å². The van der Waals surface area contributed by atoms with E-state index in [9.17, 15) is 14.4 Å². The van der Waals surface area contributed by atoms with Crippen LogP contribution in [0.4, 0.5) is 0 Å². The van der Waals surface area contributed by atoms with Crippen molar-refractivity contribution in [2.75, 3.05) is 20.8 Å². The lowest BCUT2D eigenvalue weighted by atomic mass is 9.47. The number of ketones is 1. The van der Waals surface area contributed by atoms with E-state index in [-0.39, 0.29) is 35.6 Å². The van der Waals surface area contributed by atoms with E-state index in [1.807, 2.05) is 13.8 Å². The molecule has 0 spiro atoms. The van der Waals surface area contributed by atoms with E-state index >= 15 is 0 Å². The Hall–Kier alpha value is -3.29. The fourth-order valence-corrected chi connectivity index (χ4v) is 6.48. The lowest BCUT2D eigenvalue weighted by molar-refractivity contribution is -0.175. The second kappa shape index (κ2) is 9.30. The van der Waals surface area contributed by atoms with Crippen LogP contribution in [-0.4, -0.2) is 38.7 Å². The second-order valence-corrected chi connectivity index (χ2v) is 10.6. The van der Waals surface area contributed by atoms with Gasteiger partial charge in [0.2, 0.25) is 11.5 Å². The number of carbonyl (C=O) groups is 2. The summed E-state index contributed by atoms with van der Waals surface area (Å²) >= 11 is 0. The molecule has 1 heterocycles. The molecular weight excluding hydrogens is 464 g/mol. The lowest BCUT2D eigenvalue weighted by Crippen LogP contribution is -2.59.